The Kier molecular flexibility index (Phi) is 6.25. The van der Waals surface area contributed by atoms with Crippen molar-refractivity contribution in [2.45, 2.75) is 19.8 Å². The molecule has 1 unspecified atom stereocenters. The minimum Gasteiger partial charge on any atom is -0.396 e. The van der Waals surface area contributed by atoms with Crippen molar-refractivity contribution in [3.63, 3.8) is 0 Å². The van der Waals surface area contributed by atoms with Crippen molar-refractivity contribution in [3.05, 3.63) is 25.3 Å². The zero-order valence-electron chi connectivity index (χ0n) is 12.0. The first-order valence-corrected chi connectivity index (χ1v) is 6.87. The molecule has 1 fully saturated rings. The van der Waals surface area contributed by atoms with Gasteiger partial charge in [-0.05, 0) is 19.4 Å². The number of hydrogen-bond donors (Lipinski definition) is 1. The molecule has 0 saturated carbocycles. The summed E-state index contributed by atoms with van der Waals surface area (Å²) in [7, 11) is 0. The zero-order chi connectivity index (χ0) is 14.3. The molecule has 0 aromatic rings. The Labute approximate surface area is 116 Å². The summed E-state index contributed by atoms with van der Waals surface area (Å²) in [5.74, 6) is 0.0991. The molecular weight excluding hydrogens is 240 g/mol. The van der Waals surface area contributed by atoms with Crippen LogP contribution in [0.25, 0.3) is 0 Å². The summed E-state index contributed by atoms with van der Waals surface area (Å²) < 4.78 is 0. The molecule has 1 aliphatic rings. The molecule has 0 spiro atoms. The summed E-state index contributed by atoms with van der Waals surface area (Å²) in [5, 5.41) is 9.43. The predicted molar refractivity (Wildman–Crippen MR) is 77.8 cm³/mol. The molecule has 0 bridgehead atoms. The molecule has 1 amide bonds. The van der Waals surface area contributed by atoms with Gasteiger partial charge in [0.25, 0.3) is 0 Å². The molecule has 0 aliphatic carbocycles. The second-order valence-electron chi connectivity index (χ2n) is 5.66. The van der Waals surface area contributed by atoms with Crippen LogP contribution < -0.4 is 0 Å². The average Bonchev–Trinajstić information content (AvgIpc) is 2.38. The number of nitrogens with zero attached hydrogens (tertiary/aromatic N) is 2. The van der Waals surface area contributed by atoms with Crippen LogP contribution in [0.5, 0.6) is 0 Å². The van der Waals surface area contributed by atoms with E-state index >= 15 is 0 Å². The fourth-order valence-corrected chi connectivity index (χ4v) is 2.57. The van der Waals surface area contributed by atoms with Gasteiger partial charge in [0.2, 0.25) is 5.91 Å². The molecule has 0 aromatic carbocycles. The van der Waals surface area contributed by atoms with Gasteiger partial charge >= 0.3 is 0 Å². The van der Waals surface area contributed by atoms with Crippen molar-refractivity contribution < 1.29 is 9.90 Å². The van der Waals surface area contributed by atoms with Crippen LogP contribution in [0.4, 0.5) is 0 Å². The van der Waals surface area contributed by atoms with Gasteiger partial charge in [0, 0.05) is 31.7 Å². The number of rotatable bonds is 7. The molecule has 0 radical (unpaired) electrons. The maximum atomic E-state index is 12.2. The Hall–Kier alpha value is -1.13. The van der Waals surface area contributed by atoms with Crippen LogP contribution in [-0.2, 0) is 4.79 Å². The minimum atomic E-state index is -0.0692. The number of amides is 1. The second-order valence-corrected chi connectivity index (χ2v) is 5.66. The summed E-state index contributed by atoms with van der Waals surface area (Å²) in [5.41, 5.74) is -0.0692. The first kappa shape index (κ1) is 15.9. The van der Waals surface area contributed by atoms with Gasteiger partial charge in [-0.2, -0.15) is 0 Å². The number of carbonyl (C=O) groups is 1. The van der Waals surface area contributed by atoms with Crippen LogP contribution in [0.3, 0.4) is 0 Å². The Morgan fingerprint density at radius 2 is 2.05 bits per heavy atom. The highest BCUT2D eigenvalue weighted by molar-refractivity contribution is 5.78. The van der Waals surface area contributed by atoms with Crippen molar-refractivity contribution in [3.8, 4) is 0 Å². The summed E-state index contributed by atoms with van der Waals surface area (Å²) in [6, 6.07) is 0. The Balaban J connectivity index is 2.54. The third-order valence-electron chi connectivity index (χ3n) is 3.65. The van der Waals surface area contributed by atoms with Crippen molar-refractivity contribution in [1.29, 1.82) is 0 Å². The smallest absolute Gasteiger partial charge is 0.237 e. The first-order valence-electron chi connectivity index (χ1n) is 6.87. The number of aliphatic hydroxyl groups is 1. The predicted octanol–water partition coefficient (Wildman–Crippen LogP) is 1.28. The highest BCUT2D eigenvalue weighted by atomic mass is 16.3. The molecule has 108 valence electrons. The fourth-order valence-electron chi connectivity index (χ4n) is 2.57. The van der Waals surface area contributed by atoms with E-state index in [-0.39, 0.29) is 17.9 Å². The standard InChI is InChI=1S/C15H26N2O2/c1-4-8-17(9-5-2)14(19)11-16-10-6-7-15(3,12-16)13-18/h4-5,18H,1-2,6-13H2,3H3. The van der Waals surface area contributed by atoms with Gasteiger partial charge in [-0.15, -0.1) is 13.2 Å². The topological polar surface area (TPSA) is 43.8 Å². The fraction of sp³-hybridized carbons (Fsp3) is 0.667. The number of aliphatic hydroxyl groups excluding tert-OH is 1. The highest BCUT2D eigenvalue weighted by Gasteiger charge is 2.31. The number of piperidine rings is 1. The van der Waals surface area contributed by atoms with Gasteiger partial charge in [0.15, 0.2) is 0 Å². The van der Waals surface area contributed by atoms with Crippen LogP contribution in [0, 0.1) is 5.41 Å². The molecular formula is C15H26N2O2. The quantitative estimate of drug-likeness (QED) is 0.706. The van der Waals surface area contributed by atoms with Gasteiger partial charge in [0.05, 0.1) is 6.54 Å². The van der Waals surface area contributed by atoms with E-state index in [9.17, 15) is 9.90 Å². The lowest BCUT2D eigenvalue weighted by atomic mass is 9.83. The molecule has 1 atom stereocenters. The van der Waals surface area contributed by atoms with Crippen molar-refractivity contribution >= 4 is 5.91 Å². The summed E-state index contributed by atoms with van der Waals surface area (Å²) >= 11 is 0. The summed E-state index contributed by atoms with van der Waals surface area (Å²) in [4.78, 5) is 16.1. The second kappa shape index (κ2) is 7.46. The van der Waals surface area contributed by atoms with Gasteiger partial charge in [-0.3, -0.25) is 9.69 Å². The van der Waals surface area contributed by atoms with E-state index < -0.39 is 0 Å². The monoisotopic (exact) mass is 266 g/mol. The molecule has 1 saturated heterocycles. The number of likely N-dealkylation sites (tertiary alicyclic amines) is 1. The van der Waals surface area contributed by atoms with E-state index in [1.165, 1.54) is 0 Å². The Morgan fingerprint density at radius 1 is 1.42 bits per heavy atom. The van der Waals surface area contributed by atoms with E-state index in [1.807, 2.05) is 0 Å². The summed E-state index contributed by atoms with van der Waals surface area (Å²) in [6.45, 7) is 12.8. The lowest BCUT2D eigenvalue weighted by Gasteiger charge is -2.39. The molecule has 0 aromatic heterocycles. The van der Waals surface area contributed by atoms with Crippen LogP contribution >= 0.6 is 0 Å². The maximum absolute atomic E-state index is 12.2. The van der Waals surface area contributed by atoms with Gasteiger partial charge < -0.3 is 10.0 Å². The highest BCUT2D eigenvalue weighted by Crippen LogP contribution is 2.28. The van der Waals surface area contributed by atoms with E-state index in [4.69, 9.17) is 0 Å². The first-order chi connectivity index (χ1) is 9.04. The van der Waals surface area contributed by atoms with Crippen molar-refractivity contribution in [2.24, 2.45) is 5.41 Å². The zero-order valence-corrected chi connectivity index (χ0v) is 12.0. The molecule has 1 N–H and O–H groups in total. The van der Waals surface area contributed by atoms with Gasteiger partial charge in [-0.25, -0.2) is 0 Å². The van der Waals surface area contributed by atoms with Crippen molar-refractivity contribution in [2.75, 3.05) is 39.3 Å². The maximum Gasteiger partial charge on any atom is 0.237 e. The average molecular weight is 266 g/mol. The largest absolute Gasteiger partial charge is 0.396 e. The van der Waals surface area contributed by atoms with E-state index in [0.29, 0.717) is 19.6 Å². The molecule has 1 heterocycles. The molecule has 4 nitrogen and oxygen atoms in total. The number of carbonyl (C=O) groups excluding carboxylic acids is 1. The lowest BCUT2D eigenvalue weighted by Crippen LogP contribution is -2.48. The molecule has 19 heavy (non-hydrogen) atoms. The Bertz CT molecular complexity index is 320. The normalized spacial score (nSPS) is 23.9. The van der Waals surface area contributed by atoms with Crippen LogP contribution in [0.15, 0.2) is 25.3 Å². The lowest BCUT2D eigenvalue weighted by molar-refractivity contribution is -0.132. The van der Waals surface area contributed by atoms with Crippen molar-refractivity contribution in [1.82, 2.24) is 9.80 Å². The third-order valence-corrected chi connectivity index (χ3v) is 3.65. The van der Waals surface area contributed by atoms with Gasteiger partial charge in [-0.1, -0.05) is 19.1 Å². The molecule has 4 heteroatoms. The minimum absolute atomic E-state index is 0.0692. The van der Waals surface area contributed by atoms with Gasteiger partial charge in [0.1, 0.15) is 0 Å². The van der Waals surface area contributed by atoms with Crippen LogP contribution in [0.2, 0.25) is 0 Å². The van der Waals surface area contributed by atoms with E-state index in [2.05, 4.69) is 25.0 Å². The SMILES string of the molecule is C=CCN(CC=C)C(=O)CN1CCCC(C)(CO)C1. The van der Waals surface area contributed by atoms with Crippen LogP contribution in [-0.4, -0.2) is 60.1 Å². The Morgan fingerprint density at radius 3 is 2.58 bits per heavy atom. The molecule has 1 aliphatic heterocycles. The van der Waals surface area contributed by atoms with Crippen LogP contribution in [0.1, 0.15) is 19.8 Å². The summed E-state index contributed by atoms with van der Waals surface area (Å²) in [6.07, 6.45) is 5.52. The molecule has 1 rings (SSSR count). The van der Waals surface area contributed by atoms with E-state index in [1.54, 1.807) is 17.1 Å². The van der Waals surface area contributed by atoms with E-state index in [0.717, 1.165) is 25.9 Å². The number of hydrogen-bond acceptors (Lipinski definition) is 3. The third kappa shape index (κ3) is 4.80.